The van der Waals surface area contributed by atoms with Gasteiger partial charge in [0.05, 0.1) is 30.0 Å². The first-order valence-corrected chi connectivity index (χ1v) is 11.1. The van der Waals surface area contributed by atoms with Gasteiger partial charge >= 0.3 is 0 Å². The second-order valence-electron chi connectivity index (χ2n) is 10.3. The number of aliphatic hydroxyl groups is 1. The summed E-state index contributed by atoms with van der Waals surface area (Å²) >= 11 is 0. The van der Waals surface area contributed by atoms with E-state index in [0.717, 1.165) is 64.6 Å². The van der Waals surface area contributed by atoms with Crippen molar-refractivity contribution < 1.29 is 24.1 Å². The largest absolute Gasteiger partial charge is 0.390 e. The summed E-state index contributed by atoms with van der Waals surface area (Å²) in [5, 5.41) is 10.2. The molecule has 4 aliphatic rings. The minimum atomic E-state index is -0.536. The van der Waals surface area contributed by atoms with Gasteiger partial charge in [0.25, 0.3) is 0 Å². The number of nitrogens with zero attached hydrogens (tertiary/aromatic N) is 1. The minimum absolute atomic E-state index is 0.0667. The van der Waals surface area contributed by atoms with E-state index in [1.165, 1.54) is 0 Å². The lowest BCUT2D eigenvalue weighted by Crippen LogP contribution is -2.56. The number of aliphatic hydroxyl groups excluding tert-OH is 1. The number of piperidine rings is 1. The molecule has 1 spiro atoms. The van der Waals surface area contributed by atoms with Crippen molar-refractivity contribution in [1.29, 1.82) is 0 Å². The quantitative estimate of drug-likeness (QED) is 0.778. The molecule has 4 rings (SSSR count). The molecule has 0 radical (unpaired) electrons. The molecule has 4 saturated heterocycles. The Morgan fingerprint density at radius 2 is 1.71 bits per heavy atom. The van der Waals surface area contributed by atoms with Crippen LogP contribution >= 0.6 is 0 Å². The monoisotopic (exact) mass is 395 g/mol. The van der Waals surface area contributed by atoms with E-state index in [4.69, 9.17) is 14.2 Å². The SMILES string of the molecule is CC1(C)O[C@@](C)([C@H]2CC3(CCN(C(=O)C4CCOCC4)CC3)CO2)CC[C@@H]1O. The molecule has 0 saturated carbocycles. The molecule has 6 nitrogen and oxygen atoms in total. The molecular formula is C22H37NO5. The molecule has 0 aromatic rings. The van der Waals surface area contributed by atoms with E-state index in [0.29, 0.717) is 19.1 Å². The number of carbonyl (C=O) groups is 1. The Balaban J connectivity index is 1.34. The average Bonchev–Trinajstić information content (AvgIpc) is 3.10. The van der Waals surface area contributed by atoms with Crippen LogP contribution in [0.5, 0.6) is 0 Å². The highest BCUT2D eigenvalue weighted by Gasteiger charge is 2.53. The summed E-state index contributed by atoms with van der Waals surface area (Å²) < 4.78 is 18.1. The topological polar surface area (TPSA) is 68.2 Å². The molecule has 4 heterocycles. The van der Waals surface area contributed by atoms with Crippen LogP contribution in [0.2, 0.25) is 0 Å². The summed E-state index contributed by atoms with van der Waals surface area (Å²) in [7, 11) is 0. The molecule has 0 aromatic carbocycles. The number of rotatable bonds is 2. The Hall–Kier alpha value is -0.690. The summed E-state index contributed by atoms with van der Waals surface area (Å²) in [6.07, 6.45) is 5.98. The Morgan fingerprint density at radius 3 is 2.36 bits per heavy atom. The van der Waals surface area contributed by atoms with Gasteiger partial charge in [-0.1, -0.05) is 0 Å². The van der Waals surface area contributed by atoms with Crippen LogP contribution in [0.3, 0.4) is 0 Å². The lowest BCUT2D eigenvalue weighted by Gasteiger charge is -2.49. The van der Waals surface area contributed by atoms with Gasteiger partial charge < -0.3 is 24.2 Å². The third kappa shape index (κ3) is 3.85. The number of carbonyl (C=O) groups excluding carboxylic acids is 1. The lowest BCUT2D eigenvalue weighted by atomic mass is 9.73. The number of amides is 1. The lowest BCUT2D eigenvalue weighted by molar-refractivity contribution is -0.245. The fourth-order valence-corrected chi connectivity index (χ4v) is 5.65. The van der Waals surface area contributed by atoms with Gasteiger partial charge in [-0.05, 0) is 71.1 Å². The highest BCUT2D eigenvalue weighted by Crippen LogP contribution is 2.49. The van der Waals surface area contributed by atoms with Crippen LogP contribution < -0.4 is 0 Å². The normalized spacial score (nSPS) is 38.6. The summed E-state index contributed by atoms with van der Waals surface area (Å²) in [6.45, 7) is 9.97. The van der Waals surface area contributed by atoms with E-state index in [2.05, 4.69) is 11.8 Å². The van der Waals surface area contributed by atoms with E-state index in [9.17, 15) is 9.90 Å². The molecule has 0 aliphatic carbocycles. The second-order valence-corrected chi connectivity index (χ2v) is 10.3. The number of hydrogen-bond acceptors (Lipinski definition) is 5. The van der Waals surface area contributed by atoms with Crippen LogP contribution in [0.4, 0.5) is 0 Å². The maximum Gasteiger partial charge on any atom is 0.225 e. The van der Waals surface area contributed by atoms with Crippen LogP contribution in [-0.4, -0.2) is 72.2 Å². The molecule has 0 aromatic heterocycles. The smallest absolute Gasteiger partial charge is 0.225 e. The maximum atomic E-state index is 12.8. The molecule has 160 valence electrons. The molecule has 1 N–H and O–H groups in total. The molecule has 6 heteroatoms. The fourth-order valence-electron chi connectivity index (χ4n) is 5.65. The predicted molar refractivity (Wildman–Crippen MR) is 105 cm³/mol. The first-order chi connectivity index (χ1) is 13.2. The first-order valence-electron chi connectivity index (χ1n) is 11.1. The van der Waals surface area contributed by atoms with Gasteiger partial charge in [-0.2, -0.15) is 0 Å². The number of likely N-dealkylation sites (tertiary alicyclic amines) is 1. The predicted octanol–water partition coefficient (Wildman–Crippen LogP) is 2.52. The van der Waals surface area contributed by atoms with Gasteiger partial charge in [-0.25, -0.2) is 0 Å². The average molecular weight is 396 g/mol. The summed E-state index contributed by atoms with van der Waals surface area (Å²) in [5.41, 5.74) is -0.712. The van der Waals surface area contributed by atoms with Crippen LogP contribution in [0.1, 0.15) is 65.7 Å². The van der Waals surface area contributed by atoms with Crippen molar-refractivity contribution in [3.05, 3.63) is 0 Å². The van der Waals surface area contributed by atoms with Gasteiger partial charge in [0, 0.05) is 32.2 Å². The maximum absolute atomic E-state index is 12.8. The van der Waals surface area contributed by atoms with Gasteiger partial charge in [0.15, 0.2) is 0 Å². The fraction of sp³-hybridized carbons (Fsp3) is 0.955. The van der Waals surface area contributed by atoms with Gasteiger partial charge in [0.1, 0.15) is 0 Å². The van der Waals surface area contributed by atoms with Crippen LogP contribution in [0, 0.1) is 11.3 Å². The van der Waals surface area contributed by atoms with Gasteiger partial charge in [-0.15, -0.1) is 0 Å². The summed E-state index contributed by atoms with van der Waals surface area (Å²) in [5.74, 6) is 0.477. The Kier molecular flexibility index (Phi) is 5.53. The molecule has 3 atom stereocenters. The summed E-state index contributed by atoms with van der Waals surface area (Å²) in [4.78, 5) is 14.9. The molecule has 4 fully saturated rings. The third-order valence-corrected chi connectivity index (χ3v) is 7.81. The zero-order valence-electron chi connectivity index (χ0n) is 17.7. The molecule has 1 amide bonds. The van der Waals surface area contributed by atoms with E-state index in [-0.39, 0.29) is 23.0 Å². The Labute approximate surface area is 168 Å². The standard InChI is InChI=1S/C22H37NO5/c1-20(2)17(24)4-7-21(3,28-20)18-14-22(15-27-18)8-10-23(11-9-22)19(25)16-5-12-26-13-6-16/h16-18,24H,4-15H2,1-3H3/t17-,18+,21+/m0/s1. The van der Waals surface area contributed by atoms with Crippen molar-refractivity contribution in [2.45, 2.75) is 89.1 Å². The summed E-state index contributed by atoms with van der Waals surface area (Å²) in [6, 6.07) is 0. The Bertz CT molecular complexity index is 579. The third-order valence-electron chi connectivity index (χ3n) is 7.81. The van der Waals surface area contributed by atoms with Crippen LogP contribution in [-0.2, 0) is 19.0 Å². The molecule has 0 bridgehead atoms. The number of hydrogen-bond donors (Lipinski definition) is 1. The highest BCUT2D eigenvalue weighted by atomic mass is 16.6. The van der Waals surface area contributed by atoms with Gasteiger partial charge in [0.2, 0.25) is 5.91 Å². The Morgan fingerprint density at radius 1 is 1.04 bits per heavy atom. The highest BCUT2D eigenvalue weighted by molar-refractivity contribution is 5.79. The van der Waals surface area contributed by atoms with Crippen LogP contribution in [0.25, 0.3) is 0 Å². The van der Waals surface area contributed by atoms with Crippen molar-refractivity contribution in [3.8, 4) is 0 Å². The van der Waals surface area contributed by atoms with Crippen molar-refractivity contribution in [2.24, 2.45) is 11.3 Å². The van der Waals surface area contributed by atoms with Crippen molar-refractivity contribution in [3.63, 3.8) is 0 Å². The number of ether oxygens (including phenoxy) is 3. The molecule has 4 aliphatic heterocycles. The molecule has 28 heavy (non-hydrogen) atoms. The second kappa shape index (κ2) is 7.53. The minimum Gasteiger partial charge on any atom is -0.390 e. The molecule has 0 unspecified atom stereocenters. The van der Waals surface area contributed by atoms with Gasteiger partial charge in [-0.3, -0.25) is 4.79 Å². The molecular weight excluding hydrogens is 358 g/mol. The van der Waals surface area contributed by atoms with E-state index in [1.54, 1.807) is 0 Å². The van der Waals surface area contributed by atoms with Crippen molar-refractivity contribution >= 4 is 5.91 Å². The zero-order chi connectivity index (χ0) is 20.0. The zero-order valence-corrected chi connectivity index (χ0v) is 17.7. The van der Waals surface area contributed by atoms with Crippen molar-refractivity contribution in [2.75, 3.05) is 32.9 Å². The van der Waals surface area contributed by atoms with Crippen LogP contribution in [0.15, 0.2) is 0 Å². The first kappa shape index (κ1) is 20.6. The van der Waals surface area contributed by atoms with Crippen molar-refractivity contribution in [1.82, 2.24) is 4.90 Å². The van der Waals surface area contributed by atoms with E-state index in [1.807, 2.05) is 13.8 Å². The van der Waals surface area contributed by atoms with E-state index >= 15 is 0 Å². The van der Waals surface area contributed by atoms with E-state index < -0.39 is 11.7 Å².